The molecule has 1 fully saturated rings. The molecule has 1 unspecified atom stereocenters. The average molecular weight is 481 g/mol. The number of rotatable bonds is 8. The van der Waals surface area contributed by atoms with Gasteiger partial charge in [0.2, 0.25) is 0 Å². The summed E-state index contributed by atoms with van der Waals surface area (Å²) in [7, 11) is 1.59. The van der Waals surface area contributed by atoms with E-state index in [0.717, 1.165) is 18.7 Å². The van der Waals surface area contributed by atoms with Crippen LogP contribution < -0.4 is 4.74 Å². The van der Waals surface area contributed by atoms with Crippen molar-refractivity contribution in [3.63, 3.8) is 0 Å². The fourth-order valence-electron chi connectivity index (χ4n) is 4.50. The number of hydrogen-bond acceptors (Lipinski definition) is 6. The summed E-state index contributed by atoms with van der Waals surface area (Å²) in [5.74, 6) is -0.808. The first-order valence-corrected chi connectivity index (χ1v) is 12.0. The van der Waals surface area contributed by atoms with Gasteiger partial charge in [-0.1, -0.05) is 46.8 Å². The van der Waals surface area contributed by atoms with Crippen LogP contribution in [0, 0.1) is 0 Å². The number of likely N-dealkylation sites (tertiary alicyclic amines) is 1. The number of aliphatic hydroxyl groups excluding tert-OH is 1. The van der Waals surface area contributed by atoms with E-state index in [1.807, 2.05) is 40.7 Å². The van der Waals surface area contributed by atoms with E-state index in [-0.39, 0.29) is 22.5 Å². The van der Waals surface area contributed by atoms with Crippen molar-refractivity contribution in [2.45, 2.75) is 46.1 Å². The standard InChI is InChI=1S/C28H36N2O5/c1-7-29(8-2)15-16-30-24(18-9-12-20(31)13-10-18)23(26(33)27(30)34)25(32)19-11-14-22(35-6)21(17-19)28(3,4)5/h9-14,17,24,31-32H,7-8,15-16H2,1-6H3/b25-23-. The molecule has 35 heavy (non-hydrogen) atoms. The number of hydrogen-bond donors (Lipinski definition) is 2. The number of likely N-dealkylation sites (N-methyl/N-ethyl adjacent to an activating group) is 1. The van der Waals surface area contributed by atoms with Crippen molar-refractivity contribution in [2.75, 3.05) is 33.3 Å². The molecule has 2 aromatic rings. The number of carbonyl (C=O) groups is 2. The van der Waals surface area contributed by atoms with Crippen LogP contribution in [0.5, 0.6) is 11.5 Å². The molecule has 0 aromatic heterocycles. The Labute approximate surface area is 207 Å². The van der Waals surface area contributed by atoms with Crippen LogP contribution in [0.3, 0.4) is 0 Å². The van der Waals surface area contributed by atoms with Crippen molar-refractivity contribution in [2.24, 2.45) is 0 Å². The summed E-state index contributed by atoms with van der Waals surface area (Å²) < 4.78 is 5.51. The van der Waals surface area contributed by atoms with Crippen molar-refractivity contribution < 1.29 is 24.5 Å². The number of carbonyl (C=O) groups excluding carboxylic acids is 2. The number of amides is 1. The van der Waals surface area contributed by atoms with Crippen LogP contribution in [0.1, 0.15) is 57.4 Å². The Balaban J connectivity index is 2.16. The molecule has 1 aliphatic heterocycles. The molecule has 2 N–H and O–H groups in total. The van der Waals surface area contributed by atoms with E-state index < -0.39 is 17.7 Å². The van der Waals surface area contributed by atoms with Gasteiger partial charge in [-0.3, -0.25) is 9.59 Å². The van der Waals surface area contributed by atoms with Crippen LogP contribution in [-0.4, -0.2) is 65.0 Å². The minimum atomic E-state index is -0.758. The number of ketones is 1. The molecule has 7 nitrogen and oxygen atoms in total. The monoisotopic (exact) mass is 480 g/mol. The topological polar surface area (TPSA) is 90.3 Å². The molecule has 0 bridgehead atoms. The van der Waals surface area contributed by atoms with E-state index in [4.69, 9.17) is 4.74 Å². The van der Waals surface area contributed by atoms with Gasteiger partial charge < -0.3 is 24.7 Å². The van der Waals surface area contributed by atoms with Gasteiger partial charge in [-0.15, -0.1) is 0 Å². The van der Waals surface area contributed by atoms with Gasteiger partial charge in [0, 0.05) is 24.2 Å². The predicted molar refractivity (Wildman–Crippen MR) is 137 cm³/mol. The normalized spacial score (nSPS) is 17.9. The molecule has 0 radical (unpaired) electrons. The van der Waals surface area contributed by atoms with Gasteiger partial charge in [0.1, 0.15) is 17.3 Å². The number of Topliss-reactive ketones (excluding diaryl/α,β-unsaturated/α-hetero) is 1. The lowest BCUT2D eigenvalue weighted by Crippen LogP contribution is -2.38. The van der Waals surface area contributed by atoms with E-state index in [0.29, 0.717) is 30.0 Å². The van der Waals surface area contributed by atoms with Gasteiger partial charge in [-0.25, -0.2) is 0 Å². The zero-order valence-corrected chi connectivity index (χ0v) is 21.5. The third-order valence-electron chi connectivity index (χ3n) is 6.58. The molecular formula is C28H36N2O5. The Morgan fingerprint density at radius 1 is 1.06 bits per heavy atom. The molecule has 3 rings (SSSR count). The molecule has 7 heteroatoms. The van der Waals surface area contributed by atoms with E-state index in [2.05, 4.69) is 4.90 Å². The van der Waals surface area contributed by atoms with Crippen molar-refractivity contribution >= 4 is 17.4 Å². The highest BCUT2D eigenvalue weighted by molar-refractivity contribution is 6.46. The van der Waals surface area contributed by atoms with Gasteiger partial charge in [-0.05, 0) is 54.4 Å². The summed E-state index contributed by atoms with van der Waals surface area (Å²) >= 11 is 0. The maximum atomic E-state index is 13.3. The summed E-state index contributed by atoms with van der Waals surface area (Å²) in [6, 6.07) is 10.9. The summed E-state index contributed by atoms with van der Waals surface area (Å²) in [5.41, 5.74) is 1.74. The number of nitrogens with zero attached hydrogens (tertiary/aromatic N) is 2. The highest BCUT2D eigenvalue weighted by Gasteiger charge is 2.46. The van der Waals surface area contributed by atoms with Crippen LogP contribution in [0.4, 0.5) is 0 Å². The molecule has 0 spiro atoms. The Morgan fingerprint density at radius 2 is 1.69 bits per heavy atom. The van der Waals surface area contributed by atoms with Crippen LogP contribution in [-0.2, 0) is 15.0 Å². The largest absolute Gasteiger partial charge is 0.508 e. The minimum absolute atomic E-state index is 0.0465. The van der Waals surface area contributed by atoms with Gasteiger partial charge in [-0.2, -0.15) is 0 Å². The molecule has 0 aliphatic carbocycles. The van der Waals surface area contributed by atoms with E-state index in [1.54, 1.807) is 31.4 Å². The lowest BCUT2D eigenvalue weighted by molar-refractivity contribution is -0.140. The average Bonchev–Trinajstić information content (AvgIpc) is 3.08. The number of aromatic hydroxyl groups is 1. The lowest BCUT2D eigenvalue weighted by Gasteiger charge is -2.28. The number of phenols is 1. The quantitative estimate of drug-likeness (QED) is 0.329. The molecular weight excluding hydrogens is 444 g/mol. The van der Waals surface area contributed by atoms with Crippen LogP contribution in [0.15, 0.2) is 48.0 Å². The van der Waals surface area contributed by atoms with E-state index >= 15 is 0 Å². The summed E-state index contributed by atoms with van der Waals surface area (Å²) in [6.45, 7) is 12.8. The Bertz CT molecular complexity index is 1110. The molecule has 1 saturated heterocycles. The first kappa shape index (κ1) is 26.3. The number of phenolic OH excluding ortho intramolecular Hbond substituents is 1. The molecule has 0 saturated carbocycles. The molecule has 188 valence electrons. The highest BCUT2D eigenvalue weighted by atomic mass is 16.5. The zero-order valence-electron chi connectivity index (χ0n) is 21.5. The van der Waals surface area contributed by atoms with E-state index in [1.165, 1.54) is 17.0 Å². The summed E-state index contributed by atoms with van der Waals surface area (Å²) in [5, 5.41) is 21.2. The van der Waals surface area contributed by atoms with Crippen molar-refractivity contribution in [1.29, 1.82) is 0 Å². The number of methoxy groups -OCH3 is 1. The first-order chi connectivity index (χ1) is 16.5. The Kier molecular flexibility index (Phi) is 7.90. The second-order valence-corrected chi connectivity index (χ2v) is 9.78. The molecule has 1 heterocycles. The fraction of sp³-hybridized carbons (Fsp3) is 0.429. The molecule has 1 amide bonds. The SMILES string of the molecule is CCN(CC)CCN1C(=O)C(=O)/C(=C(\O)c2ccc(OC)c(C(C)(C)C)c2)C1c1ccc(O)cc1. The maximum absolute atomic E-state index is 13.3. The fourth-order valence-corrected chi connectivity index (χ4v) is 4.50. The minimum Gasteiger partial charge on any atom is -0.508 e. The van der Waals surface area contributed by atoms with Gasteiger partial charge in [0.15, 0.2) is 0 Å². The number of ether oxygens (including phenoxy) is 1. The van der Waals surface area contributed by atoms with Crippen molar-refractivity contribution in [1.82, 2.24) is 9.80 Å². The van der Waals surface area contributed by atoms with Crippen LogP contribution in [0.2, 0.25) is 0 Å². The molecule has 1 aliphatic rings. The van der Waals surface area contributed by atoms with Crippen molar-refractivity contribution in [3.8, 4) is 11.5 Å². The zero-order chi connectivity index (χ0) is 25.9. The summed E-state index contributed by atoms with van der Waals surface area (Å²) in [6.07, 6.45) is 0. The smallest absolute Gasteiger partial charge is 0.295 e. The van der Waals surface area contributed by atoms with Gasteiger partial charge in [0.05, 0.1) is 18.7 Å². The first-order valence-electron chi connectivity index (χ1n) is 12.0. The van der Waals surface area contributed by atoms with Crippen LogP contribution >= 0.6 is 0 Å². The number of benzene rings is 2. The second-order valence-electron chi connectivity index (χ2n) is 9.78. The molecule has 1 atom stereocenters. The van der Waals surface area contributed by atoms with Crippen LogP contribution in [0.25, 0.3) is 5.76 Å². The second kappa shape index (κ2) is 10.5. The third kappa shape index (κ3) is 5.35. The third-order valence-corrected chi connectivity index (χ3v) is 6.58. The molecule has 2 aromatic carbocycles. The van der Waals surface area contributed by atoms with E-state index in [9.17, 15) is 19.8 Å². The van der Waals surface area contributed by atoms with Gasteiger partial charge in [0.25, 0.3) is 11.7 Å². The Morgan fingerprint density at radius 3 is 2.23 bits per heavy atom. The van der Waals surface area contributed by atoms with Gasteiger partial charge >= 0.3 is 0 Å². The predicted octanol–water partition coefficient (Wildman–Crippen LogP) is 4.46. The highest BCUT2D eigenvalue weighted by Crippen LogP contribution is 2.41. The summed E-state index contributed by atoms with van der Waals surface area (Å²) in [4.78, 5) is 30.1. The number of aliphatic hydroxyl groups is 1. The lowest BCUT2D eigenvalue weighted by atomic mass is 9.84. The Hall–Kier alpha value is -3.32. The maximum Gasteiger partial charge on any atom is 0.295 e. The van der Waals surface area contributed by atoms with Crippen molar-refractivity contribution in [3.05, 3.63) is 64.7 Å².